The molecule has 14 heavy (non-hydrogen) atoms. The largest absolute Gasteiger partial charge is 0.248 e. The third-order valence-electron chi connectivity index (χ3n) is 2.72. The summed E-state index contributed by atoms with van der Waals surface area (Å²) in [6.45, 7) is 0. The summed E-state index contributed by atoms with van der Waals surface area (Å²) in [5.41, 5.74) is 1.02. The predicted molar refractivity (Wildman–Crippen MR) is 55.7 cm³/mol. The molecule has 0 aromatic heterocycles. The van der Waals surface area contributed by atoms with Crippen LogP contribution in [0.1, 0.15) is 30.7 Å². The number of benzene rings is 1. The highest BCUT2D eigenvalue weighted by Gasteiger charge is 2.39. The Morgan fingerprint density at radius 2 is 2.14 bits per heavy atom. The van der Waals surface area contributed by atoms with Crippen molar-refractivity contribution in [2.75, 3.05) is 0 Å². The minimum atomic E-state index is -2.45. The lowest BCUT2D eigenvalue weighted by Crippen LogP contribution is -2.09. The van der Waals surface area contributed by atoms with Crippen LogP contribution in [0.15, 0.2) is 28.7 Å². The van der Waals surface area contributed by atoms with Gasteiger partial charge in [0.05, 0.1) is 0 Å². The molecule has 0 aliphatic heterocycles. The van der Waals surface area contributed by atoms with E-state index in [9.17, 15) is 8.78 Å². The molecule has 0 saturated heterocycles. The highest BCUT2D eigenvalue weighted by atomic mass is 79.9. The van der Waals surface area contributed by atoms with Crippen molar-refractivity contribution in [3.05, 3.63) is 34.3 Å². The van der Waals surface area contributed by atoms with Crippen molar-refractivity contribution in [2.45, 2.75) is 31.1 Å². The van der Waals surface area contributed by atoms with Crippen molar-refractivity contribution in [2.24, 2.45) is 0 Å². The summed E-state index contributed by atoms with van der Waals surface area (Å²) in [5.74, 6) is -2.42. The maximum absolute atomic E-state index is 13.0. The van der Waals surface area contributed by atoms with E-state index in [2.05, 4.69) is 15.9 Å². The van der Waals surface area contributed by atoms with Gasteiger partial charge in [0, 0.05) is 17.3 Å². The van der Waals surface area contributed by atoms with Gasteiger partial charge in [-0.15, -0.1) is 0 Å². The van der Waals surface area contributed by atoms with Crippen LogP contribution in [0, 0.1) is 0 Å². The summed E-state index contributed by atoms with van der Waals surface area (Å²) < 4.78 is 26.9. The summed E-state index contributed by atoms with van der Waals surface area (Å²) >= 11 is 3.35. The number of hydrogen-bond donors (Lipinski definition) is 0. The van der Waals surface area contributed by atoms with Crippen LogP contribution in [0.5, 0.6) is 0 Å². The first-order valence-electron chi connectivity index (χ1n) is 4.70. The Morgan fingerprint density at radius 3 is 2.71 bits per heavy atom. The monoisotopic (exact) mass is 260 g/mol. The van der Waals surface area contributed by atoms with Gasteiger partial charge in [0.25, 0.3) is 0 Å². The minimum Gasteiger partial charge on any atom is -0.207 e. The van der Waals surface area contributed by atoms with E-state index < -0.39 is 5.92 Å². The number of hydrogen-bond acceptors (Lipinski definition) is 0. The molecule has 0 spiro atoms. The molecule has 0 radical (unpaired) electrons. The average molecular weight is 261 g/mol. The average Bonchev–Trinajstić information content (AvgIpc) is 2.46. The van der Waals surface area contributed by atoms with Gasteiger partial charge in [0.1, 0.15) is 0 Å². The molecule has 3 heteroatoms. The van der Waals surface area contributed by atoms with Gasteiger partial charge in [0.15, 0.2) is 0 Å². The standard InChI is InChI=1S/C11H11BrF2/c12-10-3-1-2-8(6-10)9-4-5-11(13,14)7-9/h1-3,6,9H,4-5,7H2. The molecule has 1 aliphatic carbocycles. The van der Waals surface area contributed by atoms with E-state index in [1.165, 1.54) is 0 Å². The summed E-state index contributed by atoms with van der Waals surface area (Å²) in [6.07, 6.45) is 0.636. The molecule has 1 unspecified atom stereocenters. The topological polar surface area (TPSA) is 0 Å². The zero-order valence-corrected chi connectivity index (χ0v) is 9.23. The fraction of sp³-hybridized carbons (Fsp3) is 0.455. The first-order chi connectivity index (χ1) is 6.57. The molecule has 2 rings (SSSR count). The van der Waals surface area contributed by atoms with Gasteiger partial charge in [-0.3, -0.25) is 0 Å². The number of alkyl halides is 2. The predicted octanol–water partition coefficient (Wildman–Crippen LogP) is 4.35. The van der Waals surface area contributed by atoms with E-state index in [0.717, 1.165) is 10.0 Å². The lowest BCUT2D eigenvalue weighted by atomic mass is 9.98. The maximum Gasteiger partial charge on any atom is 0.248 e. The van der Waals surface area contributed by atoms with Gasteiger partial charge in [-0.05, 0) is 30.0 Å². The Morgan fingerprint density at radius 1 is 1.36 bits per heavy atom. The van der Waals surface area contributed by atoms with Crippen molar-refractivity contribution in [1.82, 2.24) is 0 Å². The van der Waals surface area contributed by atoms with E-state index in [1.807, 2.05) is 24.3 Å². The lowest BCUT2D eigenvalue weighted by Gasteiger charge is -2.11. The Hall–Kier alpha value is -0.440. The molecule has 1 fully saturated rings. The summed E-state index contributed by atoms with van der Waals surface area (Å²) in [6, 6.07) is 7.68. The Kier molecular flexibility index (Phi) is 2.60. The van der Waals surface area contributed by atoms with Crippen LogP contribution in [0.4, 0.5) is 8.78 Å². The summed E-state index contributed by atoms with van der Waals surface area (Å²) in [4.78, 5) is 0. The third-order valence-corrected chi connectivity index (χ3v) is 3.22. The van der Waals surface area contributed by atoms with Crippen molar-refractivity contribution in [1.29, 1.82) is 0 Å². The SMILES string of the molecule is FC1(F)CCC(c2cccc(Br)c2)C1. The van der Waals surface area contributed by atoms with Crippen molar-refractivity contribution >= 4 is 15.9 Å². The maximum atomic E-state index is 13.0. The van der Waals surface area contributed by atoms with Crippen LogP contribution in [-0.2, 0) is 0 Å². The third kappa shape index (κ3) is 2.14. The van der Waals surface area contributed by atoms with Gasteiger partial charge >= 0.3 is 0 Å². The van der Waals surface area contributed by atoms with E-state index in [1.54, 1.807) is 0 Å². The highest BCUT2D eigenvalue weighted by molar-refractivity contribution is 9.10. The molecule has 76 valence electrons. The van der Waals surface area contributed by atoms with E-state index in [0.29, 0.717) is 6.42 Å². The zero-order chi connectivity index (χ0) is 10.2. The van der Waals surface area contributed by atoms with Crippen LogP contribution in [0.25, 0.3) is 0 Å². The molecule has 0 N–H and O–H groups in total. The molecule has 0 nitrogen and oxygen atoms in total. The molecule has 1 aromatic rings. The van der Waals surface area contributed by atoms with E-state index in [4.69, 9.17) is 0 Å². The Balaban J connectivity index is 2.17. The molecule has 0 amide bonds. The molecule has 1 saturated carbocycles. The Bertz CT molecular complexity index is 336. The fourth-order valence-corrected chi connectivity index (χ4v) is 2.41. The van der Waals surface area contributed by atoms with Crippen molar-refractivity contribution in [3.63, 3.8) is 0 Å². The van der Waals surface area contributed by atoms with E-state index in [-0.39, 0.29) is 18.8 Å². The zero-order valence-electron chi connectivity index (χ0n) is 7.64. The van der Waals surface area contributed by atoms with Gasteiger partial charge < -0.3 is 0 Å². The number of halogens is 3. The van der Waals surface area contributed by atoms with Crippen LogP contribution in [0.2, 0.25) is 0 Å². The van der Waals surface area contributed by atoms with Crippen LogP contribution < -0.4 is 0 Å². The first-order valence-corrected chi connectivity index (χ1v) is 5.49. The van der Waals surface area contributed by atoms with Gasteiger partial charge in [-0.1, -0.05) is 28.1 Å². The molecular formula is C11H11BrF2. The van der Waals surface area contributed by atoms with Gasteiger partial charge in [-0.2, -0.15) is 0 Å². The molecule has 1 aromatic carbocycles. The Labute approximate surface area is 90.4 Å². The summed E-state index contributed by atoms with van der Waals surface area (Å²) in [5, 5.41) is 0. The summed E-state index contributed by atoms with van der Waals surface area (Å²) in [7, 11) is 0. The highest BCUT2D eigenvalue weighted by Crippen LogP contribution is 2.44. The second kappa shape index (κ2) is 3.61. The van der Waals surface area contributed by atoms with E-state index >= 15 is 0 Å². The minimum absolute atomic E-state index is 0.00343. The molecule has 0 bridgehead atoms. The molecule has 1 atom stereocenters. The normalized spacial score (nSPS) is 25.2. The van der Waals surface area contributed by atoms with Gasteiger partial charge in [-0.25, -0.2) is 8.78 Å². The molecule has 0 heterocycles. The first kappa shape index (κ1) is 10.1. The van der Waals surface area contributed by atoms with Crippen molar-refractivity contribution in [3.8, 4) is 0 Å². The number of rotatable bonds is 1. The lowest BCUT2D eigenvalue weighted by molar-refractivity contribution is 0.00777. The van der Waals surface area contributed by atoms with Crippen molar-refractivity contribution < 1.29 is 8.78 Å². The fourth-order valence-electron chi connectivity index (χ4n) is 2.00. The van der Waals surface area contributed by atoms with Gasteiger partial charge in [0.2, 0.25) is 5.92 Å². The second-order valence-corrected chi connectivity index (χ2v) is 4.77. The quantitative estimate of drug-likeness (QED) is 0.704. The molecular weight excluding hydrogens is 250 g/mol. The smallest absolute Gasteiger partial charge is 0.207 e. The van der Waals surface area contributed by atoms with Crippen LogP contribution >= 0.6 is 15.9 Å². The van der Waals surface area contributed by atoms with Crippen LogP contribution in [0.3, 0.4) is 0 Å². The van der Waals surface area contributed by atoms with Crippen LogP contribution in [-0.4, -0.2) is 5.92 Å². The molecule has 1 aliphatic rings. The second-order valence-electron chi connectivity index (χ2n) is 3.85.